The van der Waals surface area contributed by atoms with Crippen LogP contribution in [-0.4, -0.2) is 28.4 Å². The molecule has 0 spiro atoms. The van der Waals surface area contributed by atoms with Gasteiger partial charge < -0.3 is 10.0 Å². The maximum Gasteiger partial charge on any atom is 0.312 e. The molecule has 0 aliphatic carbocycles. The van der Waals surface area contributed by atoms with Gasteiger partial charge in [0.15, 0.2) is 0 Å². The SMILES string of the molecule is CC(C)C(C)CC(=O)N1Cc2ccccc2C(C(=O)O)C1. The first-order valence-corrected chi connectivity index (χ1v) is 7.48. The molecule has 0 radical (unpaired) electrons. The van der Waals surface area contributed by atoms with Crippen molar-refractivity contribution in [3.63, 3.8) is 0 Å². The number of hydrogen-bond acceptors (Lipinski definition) is 2. The van der Waals surface area contributed by atoms with Crippen molar-refractivity contribution in [2.45, 2.75) is 39.7 Å². The summed E-state index contributed by atoms with van der Waals surface area (Å²) in [7, 11) is 0. The van der Waals surface area contributed by atoms with E-state index in [1.165, 1.54) is 0 Å². The van der Waals surface area contributed by atoms with Crippen molar-refractivity contribution >= 4 is 11.9 Å². The Balaban J connectivity index is 2.18. The highest BCUT2D eigenvalue weighted by Crippen LogP contribution is 2.29. The quantitative estimate of drug-likeness (QED) is 0.927. The number of carboxylic acid groups (broad SMARTS) is 1. The molecule has 1 N–H and O–H groups in total. The first kappa shape index (κ1) is 15.5. The van der Waals surface area contributed by atoms with E-state index in [0.29, 0.717) is 24.8 Å². The molecule has 0 saturated carbocycles. The Morgan fingerprint density at radius 1 is 1.29 bits per heavy atom. The summed E-state index contributed by atoms with van der Waals surface area (Å²) in [6, 6.07) is 7.51. The Morgan fingerprint density at radius 3 is 2.57 bits per heavy atom. The standard InChI is InChI=1S/C17H23NO3/c1-11(2)12(3)8-16(19)18-9-13-6-4-5-7-14(13)15(10-18)17(20)21/h4-7,11-12,15H,8-10H2,1-3H3,(H,20,21). The number of aliphatic carboxylic acids is 1. The largest absolute Gasteiger partial charge is 0.481 e. The Labute approximate surface area is 125 Å². The van der Waals surface area contributed by atoms with Gasteiger partial charge in [0.25, 0.3) is 0 Å². The van der Waals surface area contributed by atoms with Crippen LogP contribution in [0.3, 0.4) is 0 Å². The maximum absolute atomic E-state index is 12.4. The van der Waals surface area contributed by atoms with Crippen molar-refractivity contribution < 1.29 is 14.7 Å². The van der Waals surface area contributed by atoms with Crippen molar-refractivity contribution in [2.75, 3.05) is 6.54 Å². The molecule has 4 heteroatoms. The number of carbonyl (C=O) groups is 2. The number of hydrogen-bond donors (Lipinski definition) is 1. The van der Waals surface area contributed by atoms with Crippen LogP contribution in [0.15, 0.2) is 24.3 Å². The summed E-state index contributed by atoms with van der Waals surface area (Å²) in [4.78, 5) is 25.6. The van der Waals surface area contributed by atoms with Crippen LogP contribution in [0.25, 0.3) is 0 Å². The highest BCUT2D eigenvalue weighted by Gasteiger charge is 2.32. The van der Waals surface area contributed by atoms with Crippen LogP contribution in [0.4, 0.5) is 0 Å². The average molecular weight is 289 g/mol. The Hall–Kier alpha value is -1.84. The van der Waals surface area contributed by atoms with Crippen LogP contribution in [0.5, 0.6) is 0 Å². The molecule has 0 fully saturated rings. The number of rotatable bonds is 4. The normalized spacial score (nSPS) is 19.2. The summed E-state index contributed by atoms with van der Waals surface area (Å²) in [5.74, 6) is -0.679. The van der Waals surface area contributed by atoms with Crippen molar-refractivity contribution in [3.8, 4) is 0 Å². The van der Waals surface area contributed by atoms with E-state index in [1.807, 2.05) is 24.3 Å². The zero-order valence-electron chi connectivity index (χ0n) is 12.9. The van der Waals surface area contributed by atoms with Gasteiger partial charge in [-0.2, -0.15) is 0 Å². The third-order valence-corrected chi connectivity index (χ3v) is 4.48. The van der Waals surface area contributed by atoms with Crippen LogP contribution in [0.1, 0.15) is 44.2 Å². The Bertz CT molecular complexity index is 539. The van der Waals surface area contributed by atoms with E-state index in [2.05, 4.69) is 20.8 Å². The van der Waals surface area contributed by atoms with E-state index in [0.717, 1.165) is 11.1 Å². The molecule has 0 bridgehead atoms. The third kappa shape index (κ3) is 3.43. The zero-order valence-corrected chi connectivity index (χ0v) is 12.9. The van der Waals surface area contributed by atoms with E-state index in [-0.39, 0.29) is 12.5 Å². The lowest BCUT2D eigenvalue weighted by molar-refractivity contribution is -0.141. The minimum Gasteiger partial charge on any atom is -0.481 e. The highest BCUT2D eigenvalue weighted by molar-refractivity contribution is 5.81. The molecule has 1 aromatic rings. The molecule has 114 valence electrons. The van der Waals surface area contributed by atoms with Gasteiger partial charge in [0.1, 0.15) is 0 Å². The fourth-order valence-corrected chi connectivity index (χ4v) is 2.65. The van der Waals surface area contributed by atoms with E-state index >= 15 is 0 Å². The number of benzene rings is 1. The Morgan fingerprint density at radius 2 is 1.95 bits per heavy atom. The smallest absolute Gasteiger partial charge is 0.312 e. The van der Waals surface area contributed by atoms with Crippen LogP contribution < -0.4 is 0 Å². The van der Waals surface area contributed by atoms with Gasteiger partial charge >= 0.3 is 5.97 Å². The predicted octanol–water partition coefficient (Wildman–Crippen LogP) is 2.88. The monoisotopic (exact) mass is 289 g/mol. The van der Waals surface area contributed by atoms with Gasteiger partial charge in [-0.3, -0.25) is 9.59 Å². The molecule has 1 aliphatic heterocycles. The molecule has 2 unspecified atom stereocenters. The van der Waals surface area contributed by atoms with Crippen molar-refractivity contribution in [3.05, 3.63) is 35.4 Å². The molecule has 1 amide bonds. The van der Waals surface area contributed by atoms with Crippen molar-refractivity contribution in [1.29, 1.82) is 0 Å². The highest BCUT2D eigenvalue weighted by atomic mass is 16.4. The number of fused-ring (bicyclic) bond motifs is 1. The van der Waals surface area contributed by atoms with Gasteiger partial charge in [-0.1, -0.05) is 45.0 Å². The number of carboxylic acids is 1. The minimum absolute atomic E-state index is 0.0527. The summed E-state index contributed by atoms with van der Waals surface area (Å²) < 4.78 is 0. The van der Waals surface area contributed by atoms with E-state index in [9.17, 15) is 14.7 Å². The second-order valence-electron chi connectivity index (χ2n) is 6.29. The minimum atomic E-state index is -0.864. The van der Waals surface area contributed by atoms with Gasteiger partial charge in [-0.05, 0) is 23.0 Å². The zero-order chi connectivity index (χ0) is 15.6. The lowest BCUT2D eigenvalue weighted by Gasteiger charge is -2.33. The van der Waals surface area contributed by atoms with Crippen LogP contribution >= 0.6 is 0 Å². The third-order valence-electron chi connectivity index (χ3n) is 4.48. The summed E-state index contributed by atoms with van der Waals surface area (Å²) >= 11 is 0. The molecule has 4 nitrogen and oxygen atoms in total. The molecule has 21 heavy (non-hydrogen) atoms. The lowest BCUT2D eigenvalue weighted by Crippen LogP contribution is -2.41. The molecule has 0 saturated heterocycles. The van der Waals surface area contributed by atoms with Crippen LogP contribution in [0, 0.1) is 11.8 Å². The molecule has 1 aromatic carbocycles. The molecular weight excluding hydrogens is 266 g/mol. The molecule has 1 aliphatic rings. The molecule has 2 rings (SSSR count). The predicted molar refractivity (Wildman–Crippen MR) is 80.9 cm³/mol. The van der Waals surface area contributed by atoms with E-state index in [4.69, 9.17) is 0 Å². The first-order chi connectivity index (χ1) is 9.90. The number of amides is 1. The summed E-state index contributed by atoms with van der Waals surface area (Å²) in [6.45, 7) is 7.06. The van der Waals surface area contributed by atoms with Gasteiger partial charge in [-0.25, -0.2) is 0 Å². The second kappa shape index (κ2) is 6.29. The van der Waals surface area contributed by atoms with Crippen molar-refractivity contribution in [2.24, 2.45) is 11.8 Å². The summed E-state index contributed by atoms with van der Waals surface area (Å²) in [5, 5.41) is 9.42. The van der Waals surface area contributed by atoms with Gasteiger partial charge in [-0.15, -0.1) is 0 Å². The van der Waals surface area contributed by atoms with E-state index in [1.54, 1.807) is 4.90 Å². The fraction of sp³-hybridized carbons (Fsp3) is 0.529. The number of nitrogens with zero attached hydrogens (tertiary/aromatic N) is 1. The van der Waals surface area contributed by atoms with Gasteiger partial charge in [0.2, 0.25) is 5.91 Å². The summed E-state index contributed by atoms with van der Waals surface area (Å²) in [6.07, 6.45) is 0.478. The molecule has 2 atom stereocenters. The van der Waals surface area contributed by atoms with Crippen molar-refractivity contribution in [1.82, 2.24) is 4.90 Å². The maximum atomic E-state index is 12.4. The summed E-state index contributed by atoms with van der Waals surface area (Å²) in [5.41, 5.74) is 1.78. The average Bonchev–Trinajstić information content (AvgIpc) is 2.45. The van der Waals surface area contributed by atoms with E-state index < -0.39 is 11.9 Å². The lowest BCUT2D eigenvalue weighted by atomic mass is 9.88. The van der Waals surface area contributed by atoms with Crippen LogP contribution in [-0.2, 0) is 16.1 Å². The molecule has 0 aromatic heterocycles. The molecule has 1 heterocycles. The van der Waals surface area contributed by atoms with Gasteiger partial charge in [0, 0.05) is 19.5 Å². The fourth-order valence-electron chi connectivity index (χ4n) is 2.65. The molecular formula is C17H23NO3. The number of carbonyl (C=O) groups excluding carboxylic acids is 1. The second-order valence-corrected chi connectivity index (χ2v) is 6.29. The first-order valence-electron chi connectivity index (χ1n) is 7.48. The van der Waals surface area contributed by atoms with Crippen LogP contribution in [0.2, 0.25) is 0 Å². The van der Waals surface area contributed by atoms with Gasteiger partial charge in [0.05, 0.1) is 5.92 Å². The topological polar surface area (TPSA) is 57.6 Å². The Kier molecular flexibility index (Phi) is 4.66.